The molecule has 1 atom stereocenters. The molecule has 1 heterocycles. The van der Waals surface area contributed by atoms with Gasteiger partial charge in [-0.25, -0.2) is 0 Å². The molecule has 0 aliphatic carbocycles. The quantitative estimate of drug-likeness (QED) is 0.468. The van der Waals surface area contributed by atoms with Gasteiger partial charge in [0, 0.05) is 11.5 Å². The first-order valence-corrected chi connectivity index (χ1v) is 7.80. The van der Waals surface area contributed by atoms with Crippen LogP contribution in [0.2, 0.25) is 0 Å². The van der Waals surface area contributed by atoms with Crippen LogP contribution in [0.1, 0.15) is 43.2 Å². The third-order valence-electron chi connectivity index (χ3n) is 3.94. The second-order valence-corrected chi connectivity index (χ2v) is 5.54. The van der Waals surface area contributed by atoms with E-state index in [0.29, 0.717) is 12.2 Å². The summed E-state index contributed by atoms with van der Waals surface area (Å²) in [5.41, 5.74) is 2.19. The zero-order valence-corrected chi connectivity index (χ0v) is 12.7. The fourth-order valence-electron chi connectivity index (χ4n) is 2.73. The molecule has 3 heteroatoms. The highest BCUT2D eigenvalue weighted by Gasteiger charge is 2.27. The minimum Gasteiger partial charge on any atom is -0.494 e. The molecule has 2 aromatic carbocycles. The molecule has 0 radical (unpaired) electrons. The van der Waals surface area contributed by atoms with Crippen LogP contribution in [0.15, 0.2) is 48.5 Å². The van der Waals surface area contributed by atoms with E-state index in [2.05, 4.69) is 6.92 Å². The molecule has 3 nitrogen and oxygen atoms in total. The minimum absolute atomic E-state index is 0.0575. The molecule has 114 valence electrons. The molecule has 0 saturated carbocycles. The molecular formula is C19H20O3. The summed E-state index contributed by atoms with van der Waals surface area (Å²) >= 11 is 0. The van der Waals surface area contributed by atoms with Crippen LogP contribution in [0, 0.1) is 0 Å². The average molecular weight is 296 g/mol. The maximum absolute atomic E-state index is 11.8. The number of hydrogen-bond acceptors (Lipinski definition) is 3. The highest BCUT2D eigenvalue weighted by Crippen LogP contribution is 2.38. The number of benzene rings is 2. The van der Waals surface area contributed by atoms with Gasteiger partial charge in [0.1, 0.15) is 11.5 Å². The van der Waals surface area contributed by atoms with Gasteiger partial charge >= 0.3 is 5.97 Å². The van der Waals surface area contributed by atoms with Gasteiger partial charge in [0.2, 0.25) is 0 Å². The Bertz CT molecular complexity index is 646. The topological polar surface area (TPSA) is 35.5 Å². The largest absolute Gasteiger partial charge is 0.494 e. The van der Waals surface area contributed by atoms with Crippen molar-refractivity contribution in [3.8, 4) is 11.5 Å². The molecule has 0 saturated heterocycles. The molecule has 0 spiro atoms. The standard InChI is InChI=1S/C19H20O3/c1-2-3-12-21-15-10-8-14(9-11-15)17-13-19(20)22-18-7-5-4-6-16(17)18/h4-11,17H,2-3,12-13H2,1H3. The van der Waals surface area contributed by atoms with E-state index in [4.69, 9.17) is 9.47 Å². The molecule has 1 aliphatic rings. The Hall–Kier alpha value is -2.29. The van der Waals surface area contributed by atoms with Crippen LogP contribution in [-0.2, 0) is 4.79 Å². The Balaban J connectivity index is 1.80. The molecule has 2 aromatic rings. The Labute approximate surface area is 130 Å². The minimum atomic E-state index is -0.174. The molecule has 0 fully saturated rings. The Morgan fingerprint density at radius 2 is 1.91 bits per heavy atom. The highest BCUT2D eigenvalue weighted by molar-refractivity contribution is 5.77. The Morgan fingerprint density at radius 3 is 2.68 bits per heavy atom. The van der Waals surface area contributed by atoms with Crippen LogP contribution in [-0.4, -0.2) is 12.6 Å². The molecule has 0 amide bonds. The number of unbranched alkanes of at least 4 members (excludes halogenated alkanes) is 1. The summed E-state index contributed by atoms with van der Waals surface area (Å²) in [4.78, 5) is 11.8. The third kappa shape index (κ3) is 3.14. The maximum atomic E-state index is 11.8. The molecule has 0 bridgehead atoms. The predicted octanol–water partition coefficient (Wildman–Crippen LogP) is 4.31. The number of para-hydroxylation sites is 1. The first kappa shape index (κ1) is 14.6. The second kappa shape index (κ2) is 6.65. The zero-order valence-electron chi connectivity index (χ0n) is 12.7. The van der Waals surface area contributed by atoms with Crippen molar-refractivity contribution in [2.24, 2.45) is 0 Å². The first-order valence-electron chi connectivity index (χ1n) is 7.80. The monoisotopic (exact) mass is 296 g/mol. The summed E-state index contributed by atoms with van der Waals surface area (Å²) in [6, 6.07) is 15.8. The number of rotatable bonds is 5. The molecule has 22 heavy (non-hydrogen) atoms. The third-order valence-corrected chi connectivity index (χ3v) is 3.94. The number of fused-ring (bicyclic) bond motifs is 1. The summed E-state index contributed by atoms with van der Waals surface area (Å²) in [6.07, 6.45) is 2.57. The predicted molar refractivity (Wildman–Crippen MR) is 85.4 cm³/mol. The van der Waals surface area contributed by atoms with Gasteiger partial charge in [-0.3, -0.25) is 4.79 Å². The second-order valence-electron chi connectivity index (χ2n) is 5.54. The lowest BCUT2D eigenvalue weighted by Crippen LogP contribution is -2.20. The summed E-state index contributed by atoms with van der Waals surface area (Å²) in [6.45, 7) is 2.89. The van der Waals surface area contributed by atoms with Crippen molar-refractivity contribution in [1.29, 1.82) is 0 Å². The number of carbonyl (C=O) groups excluding carboxylic acids is 1. The van der Waals surface area contributed by atoms with E-state index < -0.39 is 0 Å². The lowest BCUT2D eigenvalue weighted by atomic mass is 9.86. The highest BCUT2D eigenvalue weighted by atomic mass is 16.5. The van der Waals surface area contributed by atoms with Crippen molar-refractivity contribution in [3.63, 3.8) is 0 Å². The van der Waals surface area contributed by atoms with Crippen molar-refractivity contribution in [2.75, 3.05) is 6.61 Å². The van der Waals surface area contributed by atoms with Crippen molar-refractivity contribution in [2.45, 2.75) is 32.1 Å². The van der Waals surface area contributed by atoms with Crippen molar-refractivity contribution in [1.82, 2.24) is 0 Å². The molecule has 3 rings (SSSR count). The lowest BCUT2D eigenvalue weighted by Gasteiger charge is -2.24. The number of esters is 1. The van der Waals surface area contributed by atoms with Gasteiger partial charge in [-0.05, 0) is 30.2 Å². The van der Waals surface area contributed by atoms with E-state index in [1.165, 1.54) is 0 Å². The van der Waals surface area contributed by atoms with Gasteiger partial charge in [0.05, 0.1) is 13.0 Å². The van der Waals surface area contributed by atoms with Gasteiger partial charge in [0.25, 0.3) is 0 Å². The van der Waals surface area contributed by atoms with E-state index in [1.54, 1.807) is 0 Å². The summed E-state index contributed by atoms with van der Waals surface area (Å²) < 4.78 is 11.0. The van der Waals surface area contributed by atoms with Gasteiger partial charge in [0.15, 0.2) is 0 Å². The van der Waals surface area contributed by atoms with Gasteiger partial charge in [-0.15, -0.1) is 0 Å². The number of ether oxygens (including phenoxy) is 2. The van der Waals surface area contributed by atoms with Crippen LogP contribution in [0.4, 0.5) is 0 Å². The van der Waals surface area contributed by atoms with E-state index in [1.807, 2.05) is 48.5 Å². The average Bonchev–Trinajstić information content (AvgIpc) is 2.55. The van der Waals surface area contributed by atoms with Crippen LogP contribution in [0.5, 0.6) is 11.5 Å². The normalized spacial score (nSPS) is 16.8. The van der Waals surface area contributed by atoms with Crippen LogP contribution >= 0.6 is 0 Å². The van der Waals surface area contributed by atoms with Gasteiger partial charge in [-0.1, -0.05) is 43.7 Å². The molecule has 1 aliphatic heterocycles. The van der Waals surface area contributed by atoms with Gasteiger partial charge in [-0.2, -0.15) is 0 Å². The Morgan fingerprint density at radius 1 is 1.14 bits per heavy atom. The van der Waals surface area contributed by atoms with Crippen molar-refractivity contribution >= 4 is 5.97 Å². The van der Waals surface area contributed by atoms with E-state index in [0.717, 1.165) is 36.3 Å². The van der Waals surface area contributed by atoms with E-state index in [-0.39, 0.29) is 11.9 Å². The molecule has 0 N–H and O–H groups in total. The fourth-order valence-corrected chi connectivity index (χ4v) is 2.73. The van der Waals surface area contributed by atoms with Crippen molar-refractivity contribution < 1.29 is 14.3 Å². The first-order chi connectivity index (χ1) is 10.8. The SMILES string of the molecule is CCCCOc1ccc(C2CC(=O)Oc3ccccc32)cc1. The molecule has 1 unspecified atom stereocenters. The maximum Gasteiger partial charge on any atom is 0.312 e. The summed E-state index contributed by atoms with van der Waals surface area (Å²) in [5.74, 6) is 1.44. The van der Waals surface area contributed by atoms with E-state index in [9.17, 15) is 4.79 Å². The van der Waals surface area contributed by atoms with Gasteiger partial charge < -0.3 is 9.47 Å². The van der Waals surface area contributed by atoms with Crippen molar-refractivity contribution in [3.05, 3.63) is 59.7 Å². The smallest absolute Gasteiger partial charge is 0.312 e. The van der Waals surface area contributed by atoms with Crippen LogP contribution in [0.3, 0.4) is 0 Å². The van der Waals surface area contributed by atoms with Crippen LogP contribution in [0.25, 0.3) is 0 Å². The molecule has 0 aromatic heterocycles. The summed E-state index contributed by atoms with van der Waals surface area (Å²) in [5, 5.41) is 0. The Kier molecular flexibility index (Phi) is 4.42. The molecular weight excluding hydrogens is 276 g/mol. The zero-order chi connectivity index (χ0) is 15.4. The van der Waals surface area contributed by atoms with Crippen LogP contribution < -0.4 is 9.47 Å². The fraction of sp³-hybridized carbons (Fsp3) is 0.316. The number of carbonyl (C=O) groups is 1. The number of hydrogen-bond donors (Lipinski definition) is 0. The summed E-state index contributed by atoms with van der Waals surface area (Å²) in [7, 11) is 0. The van der Waals surface area contributed by atoms with E-state index >= 15 is 0 Å². The lowest BCUT2D eigenvalue weighted by molar-refractivity contribution is -0.135.